The van der Waals surface area contributed by atoms with E-state index >= 15 is 0 Å². The second-order valence-electron chi connectivity index (χ2n) is 9.41. The number of ether oxygens (including phenoxy) is 1. The first-order chi connectivity index (χ1) is 19.0. The number of alkyl carbamates (subject to hydrolysis) is 1. The molecule has 4 rings (SSSR count). The third kappa shape index (κ3) is 9.27. The van der Waals surface area contributed by atoms with Gasteiger partial charge in [-0.1, -0.05) is 103 Å². The molecule has 6 heteroatoms. The summed E-state index contributed by atoms with van der Waals surface area (Å²) in [6.07, 6.45) is 8.26. The minimum Gasteiger partial charge on any atom is -0.445 e. The Bertz CT molecular complexity index is 1340. The lowest BCUT2D eigenvalue weighted by atomic mass is 10.0. The lowest BCUT2D eigenvalue weighted by molar-refractivity contribution is -0.671. The lowest BCUT2D eigenvalue weighted by Crippen LogP contribution is -2.50. The summed E-state index contributed by atoms with van der Waals surface area (Å²) < 4.78 is 7.39. The molecule has 3 aromatic carbocycles. The largest absolute Gasteiger partial charge is 0.445 e. The number of benzene rings is 3. The molecule has 0 radical (unpaired) electrons. The predicted molar refractivity (Wildman–Crippen MR) is 152 cm³/mol. The first-order valence-electron chi connectivity index (χ1n) is 13.0. The lowest BCUT2D eigenvalue weighted by Gasteiger charge is -2.22. The molecule has 0 unspecified atom stereocenters. The fraction of sp³-hybridized carbons (Fsp3) is 0.182. The average molecular weight is 521 g/mol. The van der Waals surface area contributed by atoms with Crippen LogP contribution in [-0.4, -0.2) is 24.1 Å². The molecule has 39 heavy (non-hydrogen) atoms. The van der Waals surface area contributed by atoms with E-state index in [-0.39, 0.29) is 18.6 Å². The molecule has 2 N–H and O–H groups in total. The highest BCUT2D eigenvalue weighted by atomic mass is 16.5. The maximum Gasteiger partial charge on any atom is 0.408 e. The van der Waals surface area contributed by atoms with Crippen LogP contribution >= 0.6 is 0 Å². The van der Waals surface area contributed by atoms with Crippen LogP contribution in [0.25, 0.3) is 6.08 Å². The molecule has 0 aliphatic rings. The number of hydrogen-bond acceptors (Lipinski definition) is 3. The third-order valence-corrected chi connectivity index (χ3v) is 6.26. The molecule has 198 valence electrons. The number of hydrogen-bond donors (Lipinski definition) is 2. The Balaban J connectivity index is 1.49. The van der Waals surface area contributed by atoms with Crippen molar-refractivity contribution in [2.75, 3.05) is 0 Å². The van der Waals surface area contributed by atoms with Gasteiger partial charge in [0.25, 0.3) is 0 Å². The van der Waals surface area contributed by atoms with Gasteiger partial charge in [0.2, 0.25) is 5.91 Å². The van der Waals surface area contributed by atoms with Crippen LogP contribution in [-0.2, 0) is 36.0 Å². The number of nitrogens with one attached hydrogen (secondary N) is 2. The van der Waals surface area contributed by atoms with E-state index in [0.717, 1.165) is 22.3 Å². The second-order valence-corrected chi connectivity index (χ2v) is 9.41. The van der Waals surface area contributed by atoms with E-state index in [4.69, 9.17) is 4.74 Å². The first-order valence-corrected chi connectivity index (χ1v) is 13.0. The summed E-state index contributed by atoms with van der Waals surface area (Å²) in [5.41, 5.74) is 3.94. The number of aromatic nitrogens is 1. The number of rotatable bonds is 11. The Hall–Kier alpha value is -4.71. The highest BCUT2D eigenvalue weighted by molar-refractivity contribution is 5.86. The molecule has 1 heterocycles. The molecule has 6 nitrogen and oxygen atoms in total. The van der Waals surface area contributed by atoms with Crippen molar-refractivity contribution in [3.05, 3.63) is 144 Å². The van der Waals surface area contributed by atoms with Crippen molar-refractivity contribution in [3.8, 4) is 0 Å². The molecule has 4 aromatic rings. The Morgan fingerprint density at radius 3 is 1.87 bits per heavy atom. The predicted octanol–water partition coefficient (Wildman–Crippen LogP) is 4.79. The van der Waals surface area contributed by atoms with Crippen molar-refractivity contribution < 1.29 is 18.9 Å². The summed E-state index contributed by atoms with van der Waals surface area (Å²) in [4.78, 5) is 26.3. The minimum absolute atomic E-state index is 0.126. The van der Waals surface area contributed by atoms with E-state index in [1.807, 2.05) is 139 Å². The summed E-state index contributed by atoms with van der Waals surface area (Å²) in [7, 11) is 1.97. The van der Waals surface area contributed by atoms with Crippen LogP contribution in [0.5, 0.6) is 0 Å². The number of carbonyl (C=O) groups is 2. The number of pyridine rings is 1. The summed E-state index contributed by atoms with van der Waals surface area (Å²) in [6.45, 7) is 0.126. The maximum atomic E-state index is 13.6. The second kappa shape index (κ2) is 14.3. The van der Waals surface area contributed by atoms with Gasteiger partial charge >= 0.3 is 6.09 Å². The van der Waals surface area contributed by atoms with E-state index in [1.165, 1.54) is 0 Å². The van der Waals surface area contributed by atoms with E-state index in [0.29, 0.717) is 12.8 Å². The zero-order valence-corrected chi connectivity index (χ0v) is 22.1. The fourth-order valence-corrected chi connectivity index (χ4v) is 4.14. The highest BCUT2D eigenvalue weighted by Crippen LogP contribution is 2.10. The van der Waals surface area contributed by atoms with Crippen molar-refractivity contribution in [2.45, 2.75) is 31.5 Å². The monoisotopic (exact) mass is 520 g/mol. The minimum atomic E-state index is -0.807. The van der Waals surface area contributed by atoms with Gasteiger partial charge in [0, 0.05) is 18.6 Å². The Labute approximate surface area is 230 Å². The Morgan fingerprint density at radius 1 is 0.744 bits per heavy atom. The summed E-state index contributed by atoms with van der Waals surface area (Å²) in [6, 6.07) is 32.0. The molecule has 1 aromatic heterocycles. The summed E-state index contributed by atoms with van der Waals surface area (Å²) >= 11 is 0. The van der Waals surface area contributed by atoms with E-state index in [9.17, 15) is 9.59 Å². The molecule has 2 amide bonds. The molecule has 0 spiro atoms. The van der Waals surface area contributed by atoms with Gasteiger partial charge in [0.05, 0.1) is 6.04 Å². The van der Waals surface area contributed by atoms with Crippen LogP contribution < -0.4 is 15.2 Å². The van der Waals surface area contributed by atoms with Gasteiger partial charge in [0.1, 0.15) is 19.7 Å². The molecule has 0 aliphatic carbocycles. The van der Waals surface area contributed by atoms with Crippen LogP contribution in [0.3, 0.4) is 0 Å². The Kier molecular flexibility index (Phi) is 10.0. The fourth-order valence-electron chi connectivity index (χ4n) is 4.14. The van der Waals surface area contributed by atoms with Gasteiger partial charge in [-0.15, -0.1) is 0 Å². The van der Waals surface area contributed by atoms with Gasteiger partial charge in [-0.2, -0.15) is 0 Å². The molecule has 0 fully saturated rings. The van der Waals surface area contributed by atoms with Gasteiger partial charge in [0.15, 0.2) is 12.4 Å². The Morgan fingerprint density at radius 2 is 1.28 bits per heavy atom. The topological polar surface area (TPSA) is 71.3 Å². The first kappa shape index (κ1) is 27.3. The van der Waals surface area contributed by atoms with Gasteiger partial charge in [-0.3, -0.25) is 4.79 Å². The number of amides is 2. The normalized spacial score (nSPS) is 12.4. The molecule has 0 aliphatic heterocycles. The zero-order chi connectivity index (χ0) is 27.3. The summed E-state index contributed by atoms with van der Waals surface area (Å²) in [5, 5.41) is 5.93. The standard InChI is InChI=1S/C33H33N3O3/c1-36-21-19-26(20-22-36)17-18-30(23-27-11-5-2-6-12-27)34-32(37)31(24-28-13-7-3-8-14-28)35-33(38)39-25-29-15-9-4-10-16-29/h2-22,30-31H,23-25H2,1H3,(H-,34,35,37,38)/p+1/t30-,31+/m1/s1. The molecular formula is C33H34N3O3+. The van der Waals surface area contributed by atoms with Crippen molar-refractivity contribution >= 4 is 18.1 Å². The molecule has 0 bridgehead atoms. The van der Waals surface area contributed by atoms with Gasteiger partial charge < -0.3 is 15.4 Å². The molecule has 2 atom stereocenters. The van der Waals surface area contributed by atoms with Gasteiger partial charge in [-0.05, 0) is 28.7 Å². The van der Waals surface area contributed by atoms with Crippen LogP contribution in [0.2, 0.25) is 0 Å². The van der Waals surface area contributed by atoms with Crippen molar-refractivity contribution in [3.63, 3.8) is 0 Å². The SMILES string of the molecule is C[n+]1ccc(C=C[C@H](Cc2ccccc2)NC(=O)[C@H](Cc2ccccc2)NC(=O)OCc2ccccc2)cc1. The number of carbonyl (C=O) groups excluding carboxylic acids is 2. The van der Waals surface area contributed by atoms with Crippen molar-refractivity contribution in [2.24, 2.45) is 7.05 Å². The molecule has 0 saturated carbocycles. The van der Waals surface area contributed by atoms with Crippen LogP contribution in [0, 0.1) is 0 Å². The van der Waals surface area contributed by atoms with E-state index < -0.39 is 12.1 Å². The van der Waals surface area contributed by atoms with E-state index in [2.05, 4.69) is 10.6 Å². The quantitative estimate of drug-likeness (QED) is 0.280. The van der Waals surface area contributed by atoms with Crippen LogP contribution in [0.15, 0.2) is 122 Å². The van der Waals surface area contributed by atoms with Crippen molar-refractivity contribution in [1.82, 2.24) is 10.6 Å². The zero-order valence-electron chi connectivity index (χ0n) is 22.1. The molecule has 0 saturated heterocycles. The third-order valence-electron chi connectivity index (χ3n) is 6.26. The number of nitrogens with zero attached hydrogens (tertiary/aromatic N) is 1. The van der Waals surface area contributed by atoms with Crippen molar-refractivity contribution in [1.29, 1.82) is 0 Å². The van der Waals surface area contributed by atoms with Gasteiger partial charge in [-0.25, -0.2) is 9.36 Å². The van der Waals surface area contributed by atoms with Crippen LogP contribution in [0.1, 0.15) is 22.3 Å². The van der Waals surface area contributed by atoms with E-state index in [1.54, 1.807) is 0 Å². The summed E-state index contributed by atoms with van der Waals surface area (Å²) in [5.74, 6) is -0.277. The number of aryl methyl sites for hydroxylation is 1. The molecular weight excluding hydrogens is 486 g/mol. The smallest absolute Gasteiger partial charge is 0.408 e. The highest BCUT2D eigenvalue weighted by Gasteiger charge is 2.24. The van der Waals surface area contributed by atoms with Crippen LogP contribution in [0.4, 0.5) is 4.79 Å². The maximum absolute atomic E-state index is 13.6. The average Bonchev–Trinajstić information content (AvgIpc) is 2.97.